The lowest BCUT2D eigenvalue weighted by Crippen LogP contribution is -1.85. The van der Waals surface area contributed by atoms with Crippen molar-refractivity contribution >= 4 is 45.6 Å². The van der Waals surface area contributed by atoms with Gasteiger partial charge in [-0.2, -0.15) is 5.26 Å². The van der Waals surface area contributed by atoms with Crippen LogP contribution >= 0.6 is 23.2 Å². The summed E-state index contributed by atoms with van der Waals surface area (Å²) in [6.45, 7) is 0. The molecule has 0 unspecified atom stereocenters. The van der Waals surface area contributed by atoms with Gasteiger partial charge in [0.05, 0.1) is 21.7 Å². The molecule has 0 spiro atoms. The predicted octanol–water partition coefficient (Wildman–Crippen LogP) is 5.92. The molecule has 0 aliphatic rings. The summed E-state index contributed by atoms with van der Waals surface area (Å²) in [5, 5.41) is 21.6. The van der Waals surface area contributed by atoms with E-state index >= 15 is 0 Å². The first-order valence-corrected chi connectivity index (χ1v) is 7.63. The minimum atomic E-state index is -0.158. The van der Waals surface area contributed by atoms with Crippen LogP contribution in [-0.4, -0.2) is 5.11 Å². The number of phenolic OH excluding ortho intramolecular Hbond substituents is 1. The highest BCUT2D eigenvalue weighted by atomic mass is 35.5. The molecule has 3 aromatic carbocycles. The number of allylic oxidation sites excluding steroid dienone is 1. The monoisotopic (exact) mass is 339 g/mol. The van der Waals surface area contributed by atoms with E-state index in [0.717, 1.165) is 16.3 Å². The van der Waals surface area contributed by atoms with Crippen LogP contribution in [0, 0.1) is 11.3 Å². The second-order valence-corrected chi connectivity index (χ2v) is 5.84. The molecule has 3 aromatic rings. The zero-order chi connectivity index (χ0) is 16.4. The van der Waals surface area contributed by atoms with Crippen LogP contribution in [-0.2, 0) is 0 Å². The van der Waals surface area contributed by atoms with Crippen molar-refractivity contribution in [1.29, 1.82) is 5.26 Å². The number of hydrogen-bond donors (Lipinski definition) is 1. The second-order valence-electron chi connectivity index (χ2n) is 5.03. The van der Waals surface area contributed by atoms with Crippen LogP contribution in [0.2, 0.25) is 10.0 Å². The molecule has 0 heterocycles. The summed E-state index contributed by atoms with van der Waals surface area (Å²) in [5.74, 6) is -0.158. The van der Waals surface area contributed by atoms with Gasteiger partial charge in [-0.25, -0.2) is 0 Å². The van der Waals surface area contributed by atoms with E-state index in [9.17, 15) is 10.4 Å². The lowest BCUT2D eigenvalue weighted by Gasteiger charge is -2.06. The molecule has 0 atom stereocenters. The van der Waals surface area contributed by atoms with Crippen LogP contribution in [0.1, 0.15) is 11.1 Å². The number of hydrogen-bond acceptors (Lipinski definition) is 2. The standard InChI is InChI=1S/C19H11Cl2NO/c20-17-9-12(10-18(21)19(17)23)8-14(11-22)16-7-3-5-13-4-1-2-6-15(13)16/h1-10,23H/b14-8+. The van der Waals surface area contributed by atoms with Crippen LogP contribution in [0.25, 0.3) is 22.4 Å². The molecule has 0 fully saturated rings. The van der Waals surface area contributed by atoms with Gasteiger partial charge in [-0.15, -0.1) is 0 Å². The topological polar surface area (TPSA) is 44.0 Å². The van der Waals surface area contributed by atoms with E-state index in [-0.39, 0.29) is 15.8 Å². The fourth-order valence-electron chi connectivity index (χ4n) is 2.47. The van der Waals surface area contributed by atoms with Crippen molar-refractivity contribution in [3.8, 4) is 11.8 Å². The minimum absolute atomic E-state index is 0.152. The van der Waals surface area contributed by atoms with Gasteiger partial charge in [-0.3, -0.25) is 0 Å². The van der Waals surface area contributed by atoms with E-state index in [4.69, 9.17) is 23.2 Å². The van der Waals surface area contributed by atoms with Gasteiger partial charge in [-0.1, -0.05) is 65.7 Å². The first-order chi connectivity index (χ1) is 11.1. The van der Waals surface area contributed by atoms with Gasteiger partial charge < -0.3 is 5.11 Å². The van der Waals surface area contributed by atoms with Crippen LogP contribution < -0.4 is 0 Å². The Hall–Kier alpha value is -2.47. The van der Waals surface area contributed by atoms with Gasteiger partial charge in [0.25, 0.3) is 0 Å². The minimum Gasteiger partial charge on any atom is -0.505 e. The van der Waals surface area contributed by atoms with E-state index in [1.165, 1.54) is 0 Å². The van der Waals surface area contributed by atoms with E-state index in [0.29, 0.717) is 11.1 Å². The number of benzene rings is 3. The maximum Gasteiger partial charge on any atom is 0.152 e. The molecule has 0 amide bonds. The fourth-order valence-corrected chi connectivity index (χ4v) is 2.97. The Kier molecular flexibility index (Phi) is 4.25. The van der Waals surface area contributed by atoms with Crippen molar-refractivity contribution in [1.82, 2.24) is 0 Å². The molecule has 0 aliphatic carbocycles. The van der Waals surface area contributed by atoms with Gasteiger partial charge in [0.15, 0.2) is 5.75 Å². The first-order valence-electron chi connectivity index (χ1n) is 6.88. The number of fused-ring (bicyclic) bond motifs is 1. The van der Waals surface area contributed by atoms with Crippen LogP contribution in [0.15, 0.2) is 54.6 Å². The molecular formula is C19H11Cl2NO. The molecule has 0 saturated carbocycles. The van der Waals surface area contributed by atoms with Gasteiger partial charge >= 0.3 is 0 Å². The predicted molar refractivity (Wildman–Crippen MR) is 95.6 cm³/mol. The SMILES string of the molecule is N#C/C(=C\c1cc(Cl)c(O)c(Cl)c1)c1cccc2ccccc12. The Balaban J connectivity index is 2.18. The normalized spacial score (nSPS) is 11.4. The molecule has 23 heavy (non-hydrogen) atoms. The molecule has 0 bridgehead atoms. The third-order valence-electron chi connectivity index (χ3n) is 3.55. The second kappa shape index (κ2) is 6.34. The quantitative estimate of drug-likeness (QED) is 0.465. The Morgan fingerprint density at radius 3 is 2.35 bits per heavy atom. The van der Waals surface area contributed by atoms with Crippen molar-refractivity contribution in [3.05, 3.63) is 75.8 Å². The first kappa shape index (κ1) is 15.4. The number of aromatic hydroxyl groups is 1. The molecule has 3 rings (SSSR count). The molecule has 0 aliphatic heterocycles. The number of halogens is 2. The Bertz CT molecular complexity index is 942. The van der Waals surface area contributed by atoms with Gasteiger partial charge in [0.2, 0.25) is 0 Å². The van der Waals surface area contributed by atoms with Crippen molar-refractivity contribution in [3.63, 3.8) is 0 Å². The molecule has 1 N–H and O–H groups in total. The maximum atomic E-state index is 9.63. The fraction of sp³-hybridized carbons (Fsp3) is 0. The number of phenols is 1. The highest BCUT2D eigenvalue weighted by Gasteiger charge is 2.09. The molecule has 0 radical (unpaired) electrons. The van der Waals surface area contributed by atoms with E-state index in [1.54, 1.807) is 18.2 Å². The summed E-state index contributed by atoms with van der Waals surface area (Å²) in [5.41, 5.74) is 1.99. The van der Waals surface area contributed by atoms with Gasteiger partial charge in [0, 0.05) is 5.56 Å². The van der Waals surface area contributed by atoms with Crippen LogP contribution in [0.5, 0.6) is 5.75 Å². The van der Waals surface area contributed by atoms with Crippen LogP contribution in [0.3, 0.4) is 0 Å². The molecule has 4 heteroatoms. The molecule has 0 saturated heterocycles. The smallest absolute Gasteiger partial charge is 0.152 e. The maximum absolute atomic E-state index is 9.63. The Morgan fingerprint density at radius 1 is 1.00 bits per heavy atom. The van der Waals surface area contributed by atoms with Crippen molar-refractivity contribution < 1.29 is 5.11 Å². The van der Waals surface area contributed by atoms with E-state index < -0.39 is 0 Å². The number of nitrogens with zero attached hydrogens (tertiary/aromatic N) is 1. The lowest BCUT2D eigenvalue weighted by atomic mass is 9.97. The molecular weight excluding hydrogens is 329 g/mol. The summed E-state index contributed by atoms with van der Waals surface area (Å²) >= 11 is 11.9. The summed E-state index contributed by atoms with van der Waals surface area (Å²) < 4.78 is 0. The highest BCUT2D eigenvalue weighted by Crippen LogP contribution is 2.34. The highest BCUT2D eigenvalue weighted by molar-refractivity contribution is 6.37. The van der Waals surface area contributed by atoms with E-state index in [2.05, 4.69) is 6.07 Å². The van der Waals surface area contributed by atoms with Gasteiger partial charge in [-0.05, 0) is 34.5 Å². The van der Waals surface area contributed by atoms with Gasteiger partial charge in [0.1, 0.15) is 0 Å². The van der Waals surface area contributed by atoms with E-state index in [1.807, 2.05) is 42.5 Å². The third kappa shape index (κ3) is 3.03. The Morgan fingerprint density at radius 2 is 1.65 bits per heavy atom. The zero-order valence-corrected chi connectivity index (χ0v) is 13.4. The Labute approximate surface area is 143 Å². The van der Waals surface area contributed by atoms with Crippen molar-refractivity contribution in [2.45, 2.75) is 0 Å². The number of nitriles is 1. The van der Waals surface area contributed by atoms with Crippen molar-refractivity contribution in [2.24, 2.45) is 0 Å². The average Bonchev–Trinajstić information content (AvgIpc) is 2.57. The summed E-state index contributed by atoms with van der Waals surface area (Å²) in [6.07, 6.45) is 1.71. The summed E-state index contributed by atoms with van der Waals surface area (Å²) in [7, 11) is 0. The largest absolute Gasteiger partial charge is 0.505 e. The molecule has 0 aromatic heterocycles. The van der Waals surface area contributed by atoms with Crippen molar-refractivity contribution in [2.75, 3.05) is 0 Å². The molecule has 2 nitrogen and oxygen atoms in total. The molecule has 112 valence electrons. The average molecular weight is 340 g/mol. The summed E-state index contributed by atoms with van der Waals surface area (Å²) in [4.78, 5) is 0. The summed E-state index contributed by atoms with van der Waals surface area (Å²) in [6, 6.07) is 19.1. The third-order valence-corrected chi connectivity index (χ3v) is 4.13. The lowest BCUT2D eigenvalue weighted by molar-refractivity contribution is 0.476. The van der Waals surface area contributed by atoms with Crippen LogP contribution in [0.4, 0.5) is 0 Å². The zero-order valence-electron chi connectivity index (χ0n) is 11.9. The number of rotatable bonds is 2.